The Kier molecular flexibility index (Phi) is 6.34. The summed E-state index contributed by atoms with van der Waals surface area (Å²) in [6, 6.07) is 15.3. The topological polar surface area (TPSA) is 88.4 Å². The van der Waals surface area contributed by atoms with Crippen molar-refractivity contribution in [1.29, 1.82) is 5.26 Å². The van der Waals surface area contributed by atoms with Crippen LogP contribution in [0.5, 0.6) is 5.75 Å². The molecule has 0 aliphatic rings. The van der Waals surface area contributed by atoms with E-state index in [9.17, 15) is 9.59 Å². The third-order valence-electron chi connectivity index (χ3n) is 2.83. The summed E-state index contributed by atoms with van der Waals surface area (Å²) in [5.74, 6) is -0.596. The van der Waals surface area contributed by atoms with Crippen LogP contribution in [0.4, 0.5) is 5.69 Å². The summed E-state index contributed by atoms with van der Waals surface area (Å²) in [4.78, 5) is 23.2. The second-order valence-corrected chi connectivity index (χ2v) is 5.56. The minimum Gasteiger partial charge on any atom is -0.482 e. The van der Waals surface area contributed by atoms with Crippen LogP contribution in [0.2, 0.25) is 0 Å². The van der Waals surface area contributed by atoms with E-state index in [4.69, 9.17) is 14.7 Å². The van der Waals surface area contributed by atoms with Gasteiger partial charge < -0.3 is 14.8 Å². The van der Waals surface area contributed by atoms with Crippen LogP contribution in [0, 0.1) is 11.3 Å². The number of amides is 1. The number of nitrogens with zero attached hydrogens (tertiary/aromatic N) is 1. The Hall–Kier alpha value is -2.85. The van der Waals surface area contributed by atoms with Crippen LogP contribution >= 0.6 is 15.9 Å². The zero-order valence-corrected chi connectivity index (χ0v) is 14.1. The van der Waals surface area contributed by atoms with Crippen LogP contribution in [0.3, 0.4) is 0 Å². The van der Waals surface area contributed by atoms with E-state index in [1.54, 1.807) is 48.5 Å². The van der Waals surface area contributed by atoms with Crippen molar-refractivity contribution in [3.8, 4) is 11.8 Å². The lowest BCUT2D eigenvalue weighted by Crippen LogP contribution is -2.23. The van der Waals surface area contributed by atoms with Gasteiger partial charge in [0.1, 0.15) is 5.75 Å². The van der Waals surface area contributed by atoms with Crippen LogP contribution < -0.4 is 10.1 Å². The highest BCUT2D eigenvalue weighted by atomic mass is 79.9. The van der Waals surface area contributed by atoms with E-state index in [1.165, 1.54) is 0 Å². The monoisotopic (exact) mass is 388 g/mol. The van der Waals surface area contributed by atoms with E-state index in [0.29, 0.717) is 17.0 Å². The number of esters is 1. The van der Waals surface area contributed by atoms with Gasteiger partial charge in [0, 0.05) is 10.2 Å². The number of hydrogen-bond donors (Lipinski definition) is 1. The quantitative estimate of drug-likeness (QED) is 0.768. The maximum atomic E-state index is 11.7. The molecular formula is C17H13BrN2O4. The fourth-order valence-electron chi connectivity index (χ4n) is 1.69. The van der Waals surface area contributed by atoms with Gasteiger partial charge in [-0.05, 0) is 48.5 Å². The number of halogens is 1. The van der Waals surface area contributed by atoms with Crippen LogP contribution in [0.25, 0.3) is 0 Å². The molecule has 0 unspecified atom stereocenters. The van der Waals surface area contributed by atoms with Crippen molar-refractivity contribution >= 4 is 33.5 Å². The van der Waals surface area contributed by atoms with Gasteiger partial charge in [0.15, 0.2) is 13.2 Å². The zero-order chi connectivity index (χ0) is 17.4. The summed E-state index contributed by atoms with van der Waals surface area (Å²) in [5.41, 5.74) is 1.01. The smallest absolute Gasteiger partial charge is 0.344 e. The van der Waals surface area contributed by atoms with E-state index >= 15 is 0 Å². The largest absolute Gasteiger partial charge is 0.482 e. The molecule has 122 valence electrons. The average Bonchev–Trinajstić information content (AvgIpc) is 2.60. The first kappa shape index (κ1) is 17.5. The molecule has 0 fully saturated rings. The summed E-state index contributed by atoms with van der Waals surface area (Å²) in [7, 11) is 0. The van der Waals surface area contributed by atoms with Crippen LogP contribution in [-0.2, 0) is 14.3 Å². The second-order valence-electron chi connectivity index (χ2n) is 4.64. The minimum absolute atomic E-state index is 0.286. The molecule has 1 amide bonds. The standard InChI is InChI=1S/C17H13BrN2O4/c18-13-3-7-15(8-4-13)23-11-17(22)24-10-16(21)20-14-5-1-12(9-19)2-6-14/h1-8H,10-11H2,(H,20,21). The zero-order valence-electron chi connectivity index (χ0n) is 12.5. The Labute approximate surface area is 147 Å². The second kappa shape index (κ2) is 8.70. The van der Waals surface area contributed by atoms with Crippen molar-refractivity contribution in [3.63, 3.8) is 0 Å². The molecule has 7 heteroatoms. The van der Waals surface area contributed by atoms with Crippen LogP contribution in [-0.4, -0.2) is 25.1 Å². The first-order valence-corrected chi connectivity index (χ1v) is 7.70. The lowest BCUT2D eigenvalue weighted by molar-refractivity contribution is -0.149. The minimum atomic E-state index is -0.645. The van der Waals surface area contributed by atoms with Gasteiger partial charge in [-0.15, -0.1) is 0 Å². The molecule has 0 aromatic heterocycles. The van der Waals surface area contributed by atoms with Gasteiger partial charge in [0.25, 0.3) is 5.91 Å². The lowest BCUT2D eigenvalue weighted by atomic mass is 10.2. The van der Waals surface area contributed by atoms with E-state index in [0.717, 1.165) is 4.47 Å². The SMILES string of the molecule is N#Cc1ccc(NC(=O)COC(=O)COc2ccc(Br)cc2)cc1. The molecule has 0 saturated heterocycles. The number of benzene rings is 2. The molecule has 1 N–H and O–H groups in total. The third-order valence-corrected chi connectivity index (χ3v) is 3.36. The number of carbonyl (C=O) groups excluding carboxylic acids is 2. The summed E-state index contributed by atoms with van der Waals surface area (Å²) >= 11 is 3.29. The molecule has 0 radical (unpaired) electrons. The number of nitriles is 1. The van der Waals surface area contributed by atoms with Gasteiger partial charge in [0.05, 0.1) is 11.6 Å². The normalized spacial score (nSPS) is 9.67. The van der Waals surface area contributed by atoms with E-state index in [1.807, 2.05) is 6.07 Å². The van der Waals surface area contributed by atoms with Crippen molar-refractivity contribution in [2.45, 2.75) is 0 Å². The number of hydrogen-bond acceptors (Lipinski definition) is 5. The lowest BCUT2D eigenvalue weighted by Gasteiger charge is -2.08. The number of anilines is 1. The molecule has 0 saturated carbocycles. The Morgan fingerprint density at radius 2 is 1.71 bits per heavy atom. The molecule has 24 heavy (non-hydrogen) atoms. The highest BCUT2D eigenvalue weighted by Crippen LogP contribution is 2.16. The summed E-state index contributed by atoms with van der Waals surface area (Å²) in [6.07, 6.45) is 0. The molecule has 0 aliphatic carbocycles. The maximum Gasteiger partial charge on any atom is 0.344 e. The van der Waals surface area contributed by atoms with E-state index in [-0.39, 0.29) is 6.61 Å². The molecule has 0 atom stereocenters. The van der Waals surface area contributed by atoms with Crippen molar-refractivity contribution in [3.05, 3.63) is 58.6 Å². The van der Waals surface area contributed by atoms with Gasteiger partial charge >= 0.3 is 5.97 Å². The molecule has 2 aromatic carbocycles. The predicted octanol–water partition coefficient (Wildman–Crippen LogP) is 2.88. The molecule has 2 aromatic rings. The molecule has 0 aliphatic heterocycles. The van der Waals surface area contributed by atoms with Crippen molar-refractivity contribution in [2.75, 3.05) is 18.5 Å². The Morgan fingerprint density at radius 3 is 2.33 bits per heavy atom. The number of nitrogens with one attached hydrogen (secondary N) is 1. The van der Waals surface area contributed by atoms with Crippen molar-refractivity contribution in [1.82, 2.24) is 0 Å². The van der Waals surface area contributed by atoms with E-state index < -0.39 is 18.5 Å². The van der Waals surface area contributed by atoms with Gasteiger partial charge in [-0.2, -0.15) is 5.26 Å². The maximum absolute atomic E-state index is 11.7. The summed E-state index contributed by atoms with van der Waals surface area (Å²) in [6.45, 7) is -0.700. The number of rotatable bonds is 6. The highest BCUT2D eigenvalue weighted by Gasteiger charge is 2.09. The van der Waals surface area contributed by atoms with Crippen LogP contribution in [0.1, 0.15) is 5.56 Å². The molecule has 0 bridgehead atoms. The average molecular weight is 389 g/mol. The van der Waals surface area contributed by atoms with Crippen molar-refractivity contribution < 1.29 is 19.1 Å². The van der Waals surface area contributed by atoms with Crippen molar-refractivity contribution in [2.24, 2.45) is 0 Å². The van der Waals surface area contributed by atoms with Gasteiger partial charge in [-0.3, -0.25) is 4.79 Å². The fraction of sp³-hybridized carbons (Fsp3) is 0.118. The van der Waals surface area contributed by atoms with Crippen LogP contribution in [0.15, 0.2) is 53.0 Å². The van der Waals surface area contributed by atoms with Gasteiger partial charge in [-0.25, -0.2) is 4.79 Å². The summed E-state index contributed by atoms with van der Waals surface area (Å²) in [5, 5.41) is 11.3. The number of carbonyl (C=O) groups is 2. The Bertz CT molecular complexity index is 752. The first-order chi connectivity index (χ1) is 11.6. The van der Waals surface area contributed by atoms with Gasteiger partial charge in [0.2, 0.25) is 0 Å². The predicted molar refractivity (Wildman–Crippen MR) is 90.4 cm³/mol. The number of ether oxygens (including phenoxy) is 2. The highest BCUT2D eigenvalue weighted by molar-refractivity contribution is 9.10. The molecule has 2 rings (SSSR count). The molecule has 0 heterocycles. The third kappa shape index (κ3) is 5.74. The Morgan fingerprint density at radius 1 is 1.04 bits per heavy atom. The first-order valence-electron chi connectivity index (χ1n) is 6.91. The fourth-order valence-corrected chi connectivity index (χ4v) is 1.95. The summed E-state index contributed by atoms with van der Waals surface area (Å²) < 4.78 is 11.0. The Balaban J connectivity index is 1.71. The molecular weight excluding hydrogens is 376 g/mol. The van der Waals surface area contributed by atoms with E-state index in [2.05, 4.69) is 21.2 Å². The molecule has 0 spiro atoms. The molecule has 6 nitrogen and oxygen atoms in total. The van der Waals surface area contributed by atoms with Gasteiger partial charge in [-0.1, -0.05) is 15.9 Å².